The smallest absolute Gasteiger partial charge is 0.122 e. The maximum absolute atomic E-state index is 9.66. The first-order chi connectivity index (χ1) is 6.77. The predicted octanol–water partition coefficient (Wildman–Crippen LogP) is 1.56. The summed E-state index contributed by atoms with van der Waals surface area (Å²) in [6.07, 6.45) is 2.11. The molecule has 3 nitrogen and oxygen atoms in total. The summed E-state index contributed by atoms with van der Waals surface area (Å²) in [6, 6.07) is 4.87. The number of piperidine rings is 1. The highest BCUT2D eigenvalue weighted by atomic mass is 16.3. The molecule has 0 amide bonds. The molecular formula is C11H15NO2. The standard InChI is InChI=1S/C11H15NO2/c13-9-1-2-10(11(14)7-9)8-3-5-12-6-4-8/h1-2,7-8,12-14H,3-6H2. The summed E-state index contributed by atoms with van der Waals surface area (Å²) in [5, 5.41) is 22.1. The van der Waals surface area contributed by atoms with Gasteiger partial charge in [-0.05, 0) is 43.5 Å². The highest BCUT2D eigenvalue weighted by Gasteiger charge is 2.18. The summed E-state index contributed by atoms with van der Waals surface area (Å²) in [5.41, 5.74) is 0.962. The van der Waals surface area contributed by atoms with Crippen molar-refractivity contribution in [3.8, 4) is 11.5 Å². The molecule has 14 heavy (non-hydrogen) atoms. The Kier molecular flexibility index (Phi) is 2.59. The van der Waals surface area contributed by atoms with Crippen LogP contribution in [0.3, 0.4) is 0 Å². The fourth-order valence-corrected chi connectivity index (χ4v) is 2.01. The fraction of sp³-hybridized carbons (Fsp3) is 0.455. The van der Waals surface area contributed by atoms with Gasteiger partial charge < -0.3 is 15.5 Å². The van der Waals surface area contributed by atoms with Crippen LogP contribution in [0.4, 0.5) is 0 Å². The van der Waals surface area contributed by atoms with Crippen molar-refractivity contribution in [3.05, 3.63) is 23.8 Å². The molecule has 0 saturated carbocycles. The zero-order chi connectivity index (χ0) is 9.97. The van der Waals surface area contributed by atoms with Gasteiger partial charge in [0.25, 0.3) is 0 Å². The second kappa shape index (κ2) is 3.88. The van der Waals surface area contributed by atoms with Crippen molar-refractivity contribution in [2.45, 2.75) is 18.8 Å². The van der Waals surface area contributed by atoms with Crippen LogP contribution in [0, 0.1) is 0 Å². The van der Waals surface area contributed by atoms with Gasteiger partial charge in [-0.15, -0.1) is 0 Å². The molecule has 0 radical (unpaired) electrons. The fourth-order valence-electron chi connectivity index (χ4n) is 2.01. The number of hydrogen-bond donors (Lipinski definition) is 3. The zero-order valence-corrected chi connectivity index (χ0v) is 8.03. The Morgan fingerprint density at radius 2 is 1.86 bits per heavy atom. The molecule has 1 aromatic carbocycles. The molecule has 1 saturated heterocycles. The van der Waals surface area contributed by atoms with Gasteiger partial charge >= 0.3 is 0 Å². The van der Waals surface area contributed by atoms with Gasteiger partial charge in [-0.1, -0.05) is 6.07 Å². The Morgan fingerprint density at radius 3 is 2.50 bits per heavy atom. The molecule has 1 heterocycles. The third kappa shape index (κ3) is 1.82. The van der Waals surface area contributed by atoms with E-state index < -0.39 is 0 Å². The Morgan fingerprint density at radius 1 is 1.14 bits per heavy atom. The third-order valence-electron chi connectivity index (χ3n) is 2.79. The Labute approximate surface area is 83.4 Å². The summed E-state index contributed by atoms with van der Waals surface area (Å²) >= 11 is 0. The first-order valence-corrected chi connectivity index (χ1v) is 5.00. The molecule has 3 heteroatoms. The molecule has 1 fully saturated rings. The van der Waals surface area contributed by atoms with Crippen LogP contribution >= 0.6 is 0 Å². The van der Waals surface area contributed by atoms with Gasteiger partial charge in [-0.25, -0.2) is 0 Å². The molecule has 76 valence electrons. The molecule has 0 bridgehead atoms. The van der Waals surface area contributed by atoms with Crippen LogP contribution in [0.25, 0.3) is 0 Å². The normalized spacial score (nSPS) is 18.3. The molecule has 0 spiro atoms. The van der Waals surface area contributed by atoms with Crippen LogP contribution in [-0.2, 0) is 0 Å². The van der Waals surface area contributed by atoms with Gasteiger partial charge in [0.05, 0.1) is 0 Å². The Balaban J connectivity index is 2.22. The van der Waals surface area contributed by atoms with E-state index in [4.69, 9.17) is 5.11 Å². The minimum Gasteiger partial charge on any atom is -0.508 e. The van der Waals surface area contributed by atoms with Crippen LogP contribution in [-0.4, -0.2) is 23.3 Å². The molecule has 1 aliphatic rings. The number of benzene rings is 1. The molecule has 0 aliphatic carbocycles. The number of rotatable bonds is 1. The lowest BCUT2D eigenvalue weighted by Crippen LogP contribution is -2.26. The van der Waals surface area contributed by atoms with E-state index in [-0.39, 0.29) is 11.5 Å². The van der Waals surface area contributed by atoms with E-state index in [0.717, 1.165) is 31.5 Å². The van der Waals surface area contributed by atoms with Crippen molar-refractivity contribution in [2.24, 2.45) is 0 Å². The Hall–Kier alpha value is -1.22. The van der Waals surface area contributed by atoms with Gasteiger partial charge in [0.15, 0.2) is 0 Å². The molecule has 0 aromatic heterocycles. The maximum atomic E-state index is 9.66. The third-order valence-corrected chi connectivity index (χ3v) is 2.79. The van der Waals surface area contributed by atoms with E-state index in [0.29, 0.717) is 5.92 Å². The molecule has 1 aliphatic heterocycles. The second-order valence-electron chi connectivity index (χ2n) is 3.77. The average Bonchev–Trinajstić information content (AvgIpc) is 2.19. The first-order valence-electron chi connectivity index (χ1n) is 5.00. The largest absolute Gasteiger partial charge is 0.508 e. The van der Waals surface area contributed by atoms with Crippen molar-refractivity contribution in [1.29, 1.82) is 0 Å². The van der Waals surface area contributed by atoms with E-state index in [1.165, 1.54) is 6.07 Å². The van der Waals surface area contributed by atoms with Gasteiger partial charge in [0, 0.05) is 6.07 Å². The quantitative estimate of drug-likeness (QED) is 0.634. The van der Waals surface area contributed by atoms with E-state index in [1.54, 1.807) is 6.07 Å². The summed E-state index contributed by atoms with van der Waals surface area (Å²) in [6.45, 7) is 2.01. The minimum absolute atomic E-state index is 0.125. The van der Waals surface area contributed by atoms with Crippen molar-refractivity contribution >= 4 is 0 Å². The molecule has 1 aromatic rings. The molecule has 2 rings (SSSR count). The van der Waals surface area contributed by atoms with Crippen molar-refractivity contribution in [3.63, 3.8) is 0 Å². The lowest BCUT2D eigenvalue weighted by molar-refractivity contribution is 0.417. The SMILES string of the molecule is Oc1ccc(C2CCNCC2)c(O)c1. The summed E-state index contributed by atoms with van der Waals surface area (Å²) in [7, 11) is 0. The van der Waals surface area contributed by atoms with Crippen LogP contribution < -0.4 is 5.32 Å². The number of phenolic OH excluding ortho intramolecular Hbond substituents is 2. The topological polar surface area (TPSA) is 52.5 Å². The van der Waals surface area contributed by atoms with Gasteiger partial charge in [-0.2, -0.15) is 0 Å². The first kappa shape index (κ1) is 9.34. The van der Waals surface area contributed by atoms with Gasteiger partial charge in [0.1, 0.15) is 11.5 Å². The monoisotopic (exact) mass is 193 g/mol. The molecular weight excluding hydrogens is 178 g/mol. The molecule has 0 unspecified atom stereocenters. The lowest BCUT2D eigenvalue weighted by atomic mass is 9.89. The number of nitrogens with one attached hydrogen (secondary N) is 1. The van der Waals surface area contributed by atoms with Crippen LogP contribution in [0.2, 0.25) is 0 Å². The zero-order valence-electron chi connectivity index (χ0n) is 8.03. The van der Waals surface area contributed by atoms with E-state index in [1.807, 2.05) is 6.07 Å². The van der Waals surface area contributed by atoms with Crippen LogP contribution in [0.5, 0.6) is 11.5 Å². The lowest BCUT2D eigenvalue weighted by Gasteiger charge is -2.23. The molecule has 3 N–H and O–H groups in total. The minimum atomic E-state index is 0.125. The average molecular weight is 193 g/mol. The number of hydrogen-bond acceptors (Lipinski definition) is 3. The summed E-state index contributed by atoms with van der Waals surface area (Å²) in [5.74, 6) is 0.772. The number of aromatic hydroxyl groups is 2. The van der Waals surface area contributed by atoms with E-state index in [2.05, 4.69) is 5.32 Å². The van der Waals surface area contributed by atoms with Crippen LogP contribution in [0.15, 0.2) is 18.2 Å². The van der Waals surface area contributed by atoms with Crippen molar-refractivity contribution < 1.29 is 10.2 Å². The van der Waals surface area contributed by atoms with Gasteiger partial charge in [0.2, 0.25) is 0 Å². The van der Waals surface area contributed by atoms with Crippen molar-refractivity contribution in [1.82, 2.24) is 5.32 Å². The second-order valence-corrected chi connectivity index (χ2v) is 3.77. The van der Waals surface area contributed by atoms with Crippen LogP contribution in [0.1, 0.15) is 24.3 Å². The van der Waals surface area contributed by atoms with Crippen molar-refractivity contribution in [2.75, 3.05) is 13.1 Å². The summed E-state index contributed by atoms with van der Waals surface area (Å²) in [4.78, 5) is 0. The van der Waals surface area contributed by atoms with E-state index in [9.17, 15) is 5.11 Å². The predicted molar refractivity (Wildman–Crippen MR) is 54.6 cm³/mol. The summed E-state index contributed by atoms with van der Waals surface area (Å²) < 4.78 is 0. The highest BCUT2D eigenvalue weighted by Crippen LogP contribution is 2.33. The Bertz CT molecular complexity index is 319. The highest BCUT2D eigenvalue weighted by molar-refractivity contribution is 5.41. The number of phenols is 2. The maximum Gasteiger partial charge on any atom is 0.122 e. The van der Waals surface area contributed by atoms with E-state index >= 15 is 0 Å². The molecule has 0 atom stereocenters. The van der Waals surface area contributed by atoms with Gasteiger partial charge in [-0.3, -0.25) is 0 Å².